The van der Waals surface area contributed by atoms with Crippen LogP contribution in [0.3, 0.4) is 0 Å². The number of nitrogens with zero attached hydrogens (tertiary/aromatic N) is 1. The van der Waals surface area contributed by atoms with Gasteiger partial charge < -0.3 is 0 Å². The van der Waals surface area contributed by atoms with E-state index in [0.29, 0.717) is 21.4 Å². The molecule has 0 fully saturated rings. The number of nitrogens with one attached hydrogen (secondary N) is 1. The molecule has 7 heteroatoms. The number of rotatable bonds is 6. The van der Waals surface area contributed by atoms with Crippen LogP contribution in [0.1, 0.15) is 11.1 Å². The summed E-state index contributed by atoms with van der Waals surface area (Å²) in [5.41, 5.74) is 3.45. The van der Waals surface area contributed by atoms with Gasteiger partial charge in [-0.3, -0.25) is 4.79 Å². The van der Waals surface area contributed by atoms with Crippen molar-refractivity contribution < 1.29 is 9.18 Å². The van der Waals surface area contributed by atoms with E-state index in [-0.39, 0.29) is 11.7 Å². The summed E-state index contributed by atoms with van der Waals surface area (Å²) in [6.45, 7) is 0. The van der Waals surface area contributed by atoms with Crippen LogP contribution in [0.4, 0.5) is 4.39 Å². The van der Waals surface area contributed by atoms with E-state index in [2.05, 4.69) is 10.5 Å². The highest BCUT2D eigenvalue weighted by Gasteiger charge is 2.07. The van der Waals surface area contributed by atoms with Gasteiger partial charge in [0.1, 0.15) is 5.82 Å². The number of amides is 1. The number of carbonyl (C=O) groups is 1. The van der Waals surface area contributed by atoms with Crippen LogP contribution in [-0.4, -0.2) is 17.9 Å². The van der Waals surface area contributed by atoms with Crippen molar-refractivity contribution in [3.8, 4) is 0 Å². The molecular weight excluding hydrogens is 358 g/mol. The van der Waals surface area contributed by atoms with Crippen LogP contribution in [-0.2, 0) is 10.5 Å². The highest BCUT2D eigenvalue weighted by Crippen LogP contribution is 2.28. The highest BCUT2D eigenvalue weighted by molar-refractivity contribution is 7.99. The average Bonchev–Trinajstić information content (AvgIpc) is 2.52. The molecule has 0 saturated carbocycles. The Balaban J connectivity index is 1.79. The summed E-state index contributed by atoms with van der Waals surface area (Å²) in [5.74, 6) is 0.0260. The third-order valence-electron chi connectivity index (χ3n) is 2.84. The van der Waals surface area contributed by atoms with E-state index in [0.717, 1.165) is 5.56 Å². The minimum absolute atomic E-state index is 0.191. The lowest BCUT2D eigenvalue weighted by Gasteiger charge is -2.06. The molecule has 0 unspecified atom stereocenters. The molecule has 0 radical (unpaired) electrons. The average molecular weight is 371 g/mol. The molecule has 0 aromatic heterocycles. The number of thioether (sulfide) groups is 1. The quantitative estimate of drug-likeness (QED) is 0.599. The fourth-order valence-electron chi connectivity index (χ4n) is 1.70. The molecule has 1 amide bonds. The second-order valence-corrected chi connectivity index (χ2v) is 6.31. The minimum atomic E-state index is -0.395. The summed E-state index contributed by atoms with van der Waals surface area (Å²) in [6.07, 6.45) is 1.27. The summed E-state index contributed by atoms with van der Waals surface area (Å²) in [5, 5.41) is 4.88. The zero-order valence-corrected chi connectivity index (χ0v) is 14.3. The number of carbonyl (C=O) groups excluding carboxylic acids is 1. The van der Waals surface area contributed by atoms with Crippen LogP contribution < -0.4 is 5.43 Å². The maximum atomic E-state index is 13.3. The molecule has 23 heavy (non-hydrogen) atoms. The number of hydrazone groups is 1. The summed E-state index contributed by atoms with van der Waals surface area (Å²) in [6, 6.07) is 11.4. The molecule has 0 spiro atoms. The van der Waals surface area contributed by atoms with Gasteiger partial charge in [-0.2, -0.15) is 5.10 Å². The smallest absolute Gasteiger partial charge is 0.250 e. The maximum Gasteiger partial charge on any atom is 0.250 e. The lowest BCUT2D eigenvalue weighted by atomic mass is 10.2. The summed E-state index contributed by atoms with van der Waals surface area (Å²) in [4.78, 5) is 11.7. The van der Waals surface area contributed by atoms with Crippen LogP contribution in [0.15, 0.2) is 47.6 Å². The number of halogens is 3. The molecule has 3 nitrogen and oxygen atoms in total. The molecule has 120 valence electrons. The van der Waals surface area contributed by atoms with E-state index in [9.17, 15) is 9.18 Å². The first kappa shape index (κ1) is 17.8. The van der Waals surface area contributed by atoms with Crippen LogP contribution in [0.5, 0.6) is 0 Å². The fourth-order valence-corrected chi connectivity index (χ4v) is 3.26. The Morgan fingerprint density at radius 3 is 2.57 bits per heavy atom. The number of hydrogen-bond acceptors (Lipinski definition) is 3. The monoisotopic (exact) mass is 370 g/mol. The zero-order chi connectivity index (χ0) is 16.7. The zero-order valence-electron chi connectivity index (χ0n) is 11.9. The van der Waals surface area contributed by atoms with Crippen molar-refractivity contribution in [2.75, 3.05) is 5.75 Å². The number of hydrogen-bond donors (Lipinski definition) is 1. The lowest BCUT2D eigenvalue weighted by Crippen LogP contribution is -2.19. The fraction of sp³-hybridized carbons (Fsp3) is 0.125. The predicted molar refractivity (Wildman–Crippen MR) is 94.8 cm³/mol. The Morgan fingerprint density at radius 2 is 1.87 bits per heavy atom. The summed E-state index contributed by atoms with van der Waals surface area (Å²) < 4.78 is 13.3. The Kier molecular flexibility index (Phi) is 6.89. The van der Waals surface area contributed by atoms with Crippen LogP contribution in [0.25, 0.3) is 0 Å². The first-order valence-corrected chi connectivity index (χ1v) is 8.56. The Labute approximate surface area is 147 Å². The highest BCUT2D eigenvalue weighted by atomic mass is 35.5. The van der Waals surface area contributed by atoms with Crippen molar-refractivity contribution in [3.63, 3.8) is 0 Å². The summed E-state index contributed by atoms with van der Waals surface area (Å²) >= 11 is 13.5. The normalized spacial score (nSPS) is 10.9. The second kappa shape index (κ2) is 8.91. The Morgan fingerprint density at radius 1 is 1.17 bits per heavy atom. The van der Waals surface area contributed by atoms with Gasteiger partial charge in [0.15, 0.2) is 0 Å². The molecule has 2 rings (SSSR count). The first-order chi connectivity index (χ1) is 11.1. The van der Waals surface area contributed by atoms with Crippen LogP contribution in [0, 0.1) is 5.82 Å². The van der Waals surface area contributed by atoms with Crippen LogP contribution in [0.2, 0.25) is 10.0 Å². The molecule has 1 N–H and O–H groups in total. The van der Waals surface area contributed by atoms with E-state index in [1.807, 2.05) is 0 Å². The lowest BCUT2D eigenvalue weighted by molar-refractivity contribution is -0.118. The molecule has 0 bridgehead atoms. The van der Waals surface area contributed by atoms with Gasteiger partial charge in [0.05, 0.1) is 12.0 Å². The molecule has 2 aromatic carbocycles. The molecule has 0 aliphatic heterocycles. The van der Waals surface area contributed by atoms with Gasteiger partial charge in [0, 0.05) is 21.4 Å². The van der Waals surface area contributed by atoms with Crippen LogP contribution >= 0.6 is 35.0 Å². The van der Waals surface area contributed by atoms with E-state index in [4.69, 9.17) is 23.2 Å². The van der Waals surface area contributed by atoms with Crippen molar-refractivity contribution in [1.29, 1.82) is 0 Å². The van der Waals surface area contributed by atoms with Gasteiger partial charge in [0.25, 0.3) is 0 Å². The van der Waals surface area contributed by atoms with Gasteiger partial charge in [-0.05, 0) is 23.8 Å². The van der Waals surface area contributed by atoms with Gasteiger partial charge in [-0.1, -0.05) is 47.5 Å². The molecule has 0 aliphatic rings. The van der Waals surface area contributed by atoms with E-state index in [1.165, 1.54) is 24.0 Å². The van der Waals surface area contributed by atoms with Gasteiger partial charge in [-0.25, -0.2) is 9.82 Å². The maximum absolute atomic E-state index is 13.3. The molecular formula is C16H13Cl2FN2OS. The predicted octanol–water partition coefficient (Wildman–Crippen LogP) is 4.52. The molecule has 2 aromatic rings. The Bertz CT molecular complexity index is 705. The van der Waals surface area contributed by atoms with Gasteiger partial charge in [-0.15, -0.1) is 11.8 Å². The number of benzene rings is 2. The summed E-state index contributed by atoms with van der Waals surface area (Å²) in [7, 11) is 0. The molecule has 0 saturated heterocycles. The van der Waals surface area contributed by atoms with Crippen molar-refractivity contribution >= 4 is 47.1 Å². The standard InChI is InChI=1S/C16H13Cl2FN2OS/c17-13-5-3-6-14(18)12(13)9-23-10-16(22)21-20-8-11-4-1-2-7-15(11)19/h1-8H,9-10H2,(H,21,22)/b20-8-. The molecule has 0 atom stereocenters. The van der Waals surface area contributed by atoms with Gasteiger partial charge in [0.2, 0.25) is 5.91 Å². The van der Waals surface area contributed by atoms with Crippen molar-refractivity contribution in [2.24, 2.45) is 5.10 Å². The third-order valence-corrected chi connectivity index (χ3v) is 4.51. The second-order valence-electron chi connectivity index (χ2n) is 4.51. The van der Waals surface area contributed by atoms with Gasteiger partial charge >= 0.3 is 0 Å². The van der Waals surface area contributed by atoms with E-state index < -0.39 is 5.82 Å². The minimum Gasteiger partial charge on any atom is -0.272 e. The van der Waals surface area contributed by atoms with Crippen molar-refractivity contribution in [1.82, 2.24) is 5.43 Å². The molecule has 0 heterocycles. The largest absolute Gasteiger partial charge is 0.272 e. The Hall–Kier alpha value is -1.56. The van der Waals surface area contributed by atoms with E-state index in [1.54, 1.807) is 36.4 Å². The third kappa shape index (κ3) is 5.53. The van der Waals surface area contributed by atoms with Crippen molar-refractivity contribution in [2.45, 2.75) is 5.75 Å². The van der Waals surface area contributed by atoms with E-state index >= 15 is 0 Å². The SMILES string of the molecule is O=C(CSCc1c(Cl)cccc1Cl)N/N=C\c1ccccc1F. The van der Waals surface area contributed by atoms with Crippen molar-refractivity contribution in [3.05, 3.63) is 69.5 Å². The molecule has 0 aliphatic carbocycles. The first-order valence-electron chi connectivity index (χ1n) is 6.65. The topological polar surface area (TPSA) is 41.5 Å².